The molecule has 0 radical (unpaired) electrons. The smallest absolute Gasteiger partial charge is 0.193 e. The van der Waals surface area contributed by atoms with Gasteiger partial charge in [-0.3, -0.25) is 9.89 Å². The maximum absolute atomic E-state index is 5.58. The molecule has 0 aromatic rings. The number of nitrogens with zero attached hydrogens (tertiary/aromatic N) is 3. The van der Waals surface area contributed by atoms with Crippen LogP contribution in [0.5, 0.6) is 0 Å². The second-order valence-corrected chi connectivity index (χ2v) is 8.68. The number of hydrogen-bond donors (Lipinski definition) is 1. The highest BCUT2D eigenvalue weighted by Crippen LogP contribution is 2.34. The summed E-state index contributed by atoms with van der Waals surface area (Å²) in [6, 6.07) is 0.667. The summed E-state index contributed by atoms with van der Waals surface area (Å²) < 4.78 is 5.89. The Balaban J connectivity index is 0.00000225. The van der Waals surface area contributed by atoms with Gasteiger partial charge in [0.2, 0.25) is 0 Å². The van der Waals surface area contributed by atoms with Gasteiger partial charge in [-0.2, -0.15) is 11.8 Å². The topological polar surface area (TPSA) is 40.1 Å². The van der Waals surface area contributed by atoms with Crippen LogP contribution in [0.3, 0.4) is 0 Å². The first-order valence-electron chi connectivity index (χ1n) is 9.33. The van der Waals surface area contributed by atoms with E-state index in [4.69, 9.17) is 4.74 Å². The fourth-order valence-corrected chi connectivity index (χ4v) is 5.26. The van der Waals surface area contributed by atoms with Crippen LogP contribution >= 0.6 is 35.7 Å². The van der Waals surface area contributed by atoms with E-state index in [1.54, 1.807) is 0 Å². The van der Waals surface area contributed by atoms with Gasteiger partial charge in [0.25, 0.3) is 0 Å². The van der Waals surface area contributed by atoms with Crippen LogP contribution in [-0.4, -0.2) is 85.3 Å². The van der Waals surface area contributed by atoms with Gasteiger partial charge >= 0.3 is 0 Å². The van der Waals surface area contributed by atoms with E-state index >= 15 is 0 Å². The van der Waals surface area contributed by atoms with Crippen LogP contribution < -0.4 is 5.32 Å². The second-order valence-electron chi connectivity index (χ2n) is 6.94. The van der Waals surface area contributed by atoms with E-state index in [2.05, 4.69) is 50.9 Å². The molecule has 3 rings (SSSR count). The highest BCUT2D eigenvalue weighted by Gasteiger charge is 2.34. The average Bonchev–Trinajstić information content (AvgIpc) is 3.28. The number of nitrogens with one attached hydrogen (secondary N) is 1. The van der Waals surface area contributed by atoms with Crippen molar-refractivity contribution in [2.45, 2.75) is 37.0 Å². The molecule has 0 aromatic carbocycles. The van der Waals surface area contributed by atoms with Crippen LogP contribution in [0.2, 0.25) is 0 Å². The number of thioether (sulfide) groups is 1. The molecule has 2 fully saturated rings. The molecule has 3 aliphatic rings. The van der Waals surface area contributed by atoms with Gasteiger partial charge in [-0.25, -0.2) is 0 Å². The monoisotopic (exact) mass is 480 g/mol. The summed E-state index contributed by atoms with van der Waals surface area (Å²) in [5.74, 6) is 2.24. The largest absolute Gasteiger partial charge is 0.381 e. The van der Waals surface area contributed by atoms with Gasteiger partial charge in [0.15, 0.2) is 5.96 Å². The van der Waals surface area contributed by atoms with Gasteiger partial charge in [0.1, 0.15) is 0 Å². The molecule has 1 atom stereocenters. The minimum atomic E-state index is 0. The number of likely N-dealkylation sites (tertiary alicyclic amines) is 1. The Hall–Kier alpha value is 0.01000. The minimum Gasteiger partial charge on any atom is -0.381 e. The van der Waals surface area contributed by atoms with Gasteiger partial charge < -0.3 is 15.0 Å². The van der Waals surface area contributed by atoms with E-state index in [0.29, 0.717) is 10.8 Å². The molecule has 2 saturated heterocycles. The van der Waals surface area contributed by atoms with Crippen LogP contribution in [0.1, 0.15) is 26.2 Å². The van der Waals surface area contributed by atoms with Crippen LogP contribution in [0.4, 0.5) is 0 Å². The van der Waals surface area contributed by atoms with E-state index < -0.39 is 0 Å². The van der Waals surface area contributed by atoms with E-state index in [-0.39, 0.29) is 24.0 Å². The number of aliphatic imine (C=N–C) groups is 1. The Kier molecular flexibility index (Phi) is 8.84. The molecule has 3 aliphatic heterocycles. The Bertz CT molecular complexity index is 454. The molecule has 0 amide bonds. The number of ether oxygens (including phenoxy) is 1. The Morgan fingerprint density at radius 3 is 2.68 bits per heavy atom. The van der Waals surface area contributed by atoms with Crippen LogP contribution in [0, 0.1) is 0 Å². The highest BCUT2D eigenvalue weighted by molar-refractivity contribution is 14.0. The first-order chi connectivity index (χ1) is 11.8. The quantitative estimate of drug-likeness (QED) is 0.283. The van der Waals surface area contributed by atoms with E-state index in [1.807, 2.05) is 7.05 Å². The summed E-state index contributed by atoms with van der Waals surface area (Å²) in [5.41, 5.74) is 0. The van der Waals surface area contributed by atoms with Crippen LogP contribution in [0.25, 0.3) is 0 Å². The molecule has 0 bridgehead atoms. The van der Waals surface area contributed by atoms with Gasteiger partial charge in [-0.1, -0.05) is 19.1 Å². The number of halogens is 1. The summed E-state index contributed by atoms with van der Waals surface area (Å²) in [6.45, 7) is 9.46. The molecule has 0 saturated carbocycles. The molecule has 7 heteroatoms. The van der Waals surface area contributed by atoms with E-state index in [1.165, 1.54) is 6.42 Å². The van der Waals surface area contributed by atoms with Gasteiger partial charge in [-0.15, -0.1) is 24.0 Å². The van der Waals surface area contributed by atoms with E-state index in [9.17, 15) is 0 Å². The first kappa shape index (κ1) is 21.3. The summed E-state index contributed by atoms with van der Waals surface area (Å²) >= 11 is 2.08. The molecule has 1 unspecified atom stereocenters. The number of hydrogen-bond acceptors (Lipinski definition) is 4. The minimum absolute atomic E-state index is 0. The van der Waals surface area contributed by atoms with Crippen LogP contribution in [0.15, 0.2) is 17.1 Å². The van der Waals surface area contributed by atoms with Gasteiger partial charge in [0, 0.05) is 63.8 Å². The SMILES string of the molecule is CCSC1(CNC(=NC)N2CCC(N3CC=CC3)C2)CCOCC1.I. The summed E-state index contributed by atoms with van der Waals surface area (Å²) in [7, 11) is 1.91. The van der Waals surface area contributed by atoms with Gasteiger partial charge in [0.05, 0.1) is 0 Å². The van der Waals surface area contributed by atoms with Crippen molar-refractivity contribution in [1.29, 1.82) is 0 Å². The molecule has 3 heterocycles. The average molecular weight is 480 g/mol. The van der Waals surface area contributed by atoms with Crippen molar-refractivity contribution in [2.24, 2.45) is 4.99 Å². The first-order valence-corrected chi connectivity index (χ1v) is 10.3. The molecule has 0 aromatic heterocycles. The third-order valence-electron chi connectivity index (χ3n) is 5.46. The fourth-order valence-electron chi connectivity index (χ4n) is 4.02. The second kappa shape index (κ2) is 10.4. The van der Waals surface area contributed by atoms with Crippen molar-refractivity contribution in [2.75, 3.05) is 58.7 Å². The molecular formula is C18H33IN4OS. The maximum Gasteiger partial charge on any atom is 0.193 e. The number of rotatable bonds is 5. The molecule has 0 spiro atoms. The predicted octanol–water partition coefficient (Wildman–Crippen LogP) is 2.43. The lowest BCUT2D eigenvalue weighted by atomic mass is 9.99. The predicted molar refractivity (Wildman–Crippen MR) is 118 cm³/mol. The van der Waals surface area contributed by atoms with Crippen LogP contribution in [-0.2, 0) is 4.74 Å². The lowest BCUT2D eigenvalue weighted by molar-refractivity contribution is 0.0780. The summed E-state index contributed by atoms with van der Waals surface area (Å²) in [4.78, 5) is 9.57. The van der Waals surface area contributed by atoms with Crippen molar-refractivity contribution < 1.29 is 4.74 Å². The highest BCUT2D eigenvalue weighted by atomic mass is 127. The summed E-state index contributed by atoms with van der Waals surface area (Å²) in [6.07, 6.45) is 8.08. The van der Waals surface area contributed by atoms with Crippen molar-refractivity contribution in [3.63, 3.8) is 0 Å². The number of guanidine groups is 1. The molecule has 5 nitrogen and oxygen atoms in total. The van der Waals surface area contributed by atoms with Gasteiger partial charge in [-0.05, 0) is 25.0 Å². The Morgan fingerprint density at radius 2 is 2.04 bits per heavy atom. The Morgan fingerprint density at radius 1 is 1.32 bits per heavy atom. The zero-order valence-electron chi connectivity index (χ0n) is 15.6. The lowest BCUT2D eigenvalue weighted by Gasteiger charge is -2.37. The third kappa shape index (κ3) is 5.49. The molecular weight excluding hydrogens is 447 g/mol. The summed E-state index contributed by atoms with van der Waals surface area (Å²) in [5, 5.41) is 3.68. The van der Waals surface area contributed by atoms with E-state index in [0.717, 1.165) is 70.5 Å². The normalized spacial score (nSPS) is 26.7. The molecule has 25 heavy (non-hydrogen) atoms. The third-order valence-corrected chi connectivity index (χ3v) is 6.91. The fraction of sp³-hybridized carbons (Fsp3) is 0.833. The lowest BCUT2D eigenvalue weighted by Crippen LogP contribution is -2.49. The van der Waals surface area contributed by atoms with Crippen molar-refractivity contribution in [3.8, 4) is 0 Å². The van der Waals surface area contributed by atoms with Crippen molar-refractivity contribution in [3.05, 3.63) is 12.2 Å². The zero-order chi connectivity index (χ0) is 16.8. The Labute approximate surface area is 174 Å². The molecule has 144 valence electrons. The standard InChI is InChI=1S/C18H32N4OS.HI/c1-3-24-18(7-12-23-13-8-18)15-20-17(19-2)22-11-6-16(14-22)21-9-4-5-10-21;/h4-5,16H,3,6-15H2,1-2H3,(H,19,20);1H. The molecule has 0 aliphatic carbocycles. The van der Waals surface area contributed by atoms with Crippen molar-refractivity contribution >= 4 is 41.7 Å². The van der Waals surface area contributed by atoms with Crippen molar-refractivity contribution in [1.82, 2.24) is 15.1 Å². The molecule has 1 N–H and O–H groups in total. The maximum atomic E-state index is 5.58. The zero-order valence-corrected chi connectivity index (χ0v) is 18.7.